The summed E-state index contributed by atoms with van der Waals surface area (Å²) in [5, 5.41) is 0. The van der Waals surface area contributed by atoms with Crippen molar-refractivity contribution in [2.75, 3.05) is 18.6 Å². The number of nitrogens with zero attached hydrogens (tertiary/aromatic N) is 1. The lowest BCUT2D eigenvalue weighted by atomic mass is 10.3. The molecule has 1 aromatic rings. The van der Waals surface area contributed by atoms with E-state index in [9.17, 15) is 4.79 Å². The van der Waals surface area contributed by atoms with Crippen LogP contribution in [0.15, 0.2) is 22.7 Å². The number of hydrogen-bond donors (Lipinski definition) is 0. The molecule has 16 heavy (non-hydrogen) atoms. The van der Waals surface area contributed by atoms with Crippen LogP contribution in [-0.2, 0) is 4.79 Å². The van der Waals surface area contributed by atoms with Crippen LogP contribution in [0.4, 0.5) is 5.69 Å². The summed E-state index contributed by atoms with van der Waals surface area (Å²) in [6.07, 6.45) is 0.844. The molecule has 2 rings (SSSR count). The second kappa shape index (κ2) is 4.75. The Morgan fingerprint density at radius 1 is 1.50 bits per heavy atom. The van der Waals surface area contributed by atoms with Crippen molar-refractivity contribution in [1.82, 2.24) is 0 Å². The van der Waals surface area contributed by atoms with Gasteiger partial charge >= 0.3 is 0 Å². The fourth-order valence-electron chi connectivity index (χ4n) is 1.72. The Bertz CT molecular complexity index is 422. The topological polar surface area (TPSA) is 29.5 Å². The maximum absolute atomic E-state index is 11.8. The van der Waals surface area contributed by atoms with Crippen molar-refractivity contribution in [2.24, 2.45) is 0 Å². The van der Waals surface area contributed by atoms with Gasteiger partial charge in [0.15, 0.2) is 0 Å². The van der Waals surface area contributed by atoms with Gasteiger partial charge in [-0.25, -0.2) is 0 Å². The Hall–Kier alpha value is -0.550. The average molecular weight is 349 g/mol. The van der Waals surface area contributed by atoms with E-state index in [-0.39, 0.29) is 10.7 Å². The van der Waals surface area contributed by atoms with Gasteiger partial charge in [-0.15, -0.1) is 0 Å². The van der Waals surface area contributed by atoms with E-state index in [2.05, 4.69) is 31.9 Å². The number of methoxy groups -OCH3 is 1. The lowest BCUT2D eigenvalue weighted by Crippen LogP contribution is -2.26. The first-order valence-corrected chi connectivity index (χ1v) is 6.63. The molecule has 0 N–H and O–H groups in total. The third-order valence-corrected chi connectivity index (χ3v) is 4.09. The lowest BCUT2D eigenvalue weighted by molar-refractivity contribution is -0.116. The summed E-state index contributed by atoms with van der Waals surface area (Å²) in [6.45, 7) is 0.750. The second-order valence-corrected chi connectivity index (χ2v) is 5.52. The molecule has 1 amide bonds. The average Bonchev–Trinajstić information content (AvgIpc) is 2.61. The Morgan fingerprint density at radius 3 is 2.81 bits per heavy atom. The monoisotopic (exact) mass is 347 g/mol. The number of alkyl halides is 1. The minimum atomic E-state index is -0.0536. The first kappa shape index (κ1) is 11.9. The normalized spacial score (nSPS) is 20.3. The number of halogens is 2. The van der Waals surface area contributed by atoms with E-state index in [1.54, 1.807) is 12.0 Å². The van der Waals surface area contributed by atoms with Crippen LogP contribution < -0.4 is 9.64 Å². The van der Waals surface area contributed by atoms with Crippen molar-refractivity contribution in [3.63, 3.8) is 0 Å². The van der Waals surface area contributed by atoms with Crippen molar-refractivity contribution in [1.29, 1.82) is 0 Å². The van der Waals surface area contributed by atoms with Gasteiger partial charge in [-0.3, -0.25) is 4.79 Å². The van der Waals surface area contributed by atoms with Crippen molar-refractivity contribution in [3.05, 3.63) is 22.7 Å². The maximum Gasteiger partial charge on any atom is 0.240 e. The summed E-state index contributed by atoms with van der Waals surface area (Å²) in [5.41, 5.74) is 0.881. The molecule has 1 aromatic carbocycles. The van der Waals surface area contributed by atoms with Crippen molar-refractivity contribution < 1.29 is 9.53 Å². The summed E-state index contributed by atoms with van der Waals surface area (Å²) < 4.78 is 6.10. The molecule has 1 saturated heterocycles. The van der Waals surface area contributed by atoms with E-state index in [0.717, 1.165) is 28.9 Å². The van der Waals surface area contributed by atoms with Crippen LogP contribution in [0.3, 0.4) is 0 Å². The molecule has 1 unspecified atom stereocenters. The van der Waals surface area contributed by atoms with Crippen molar-refractivity contribution in [2.45, 2.75) is 11.2 Å². The quantitative estimate of drug-likeness (QED) is 0.769. The first-order valence-electron chi connectivity index (χ1n) is 4.92. The zero-order valence-corrected chi connectivity index (χ0v) is 11.9. The highest BCUT2D eigenvalue weighted by molar-refractivity contribution is 9.10. The molecule has 5 heteroatoms. The zero-order valence-electron chi connectivity index (χ0n) is 8.74. The first-order chi connectivity index (χ1) is 7.63. The number of benzene rings is 1. The number of carbonyl (C=O) groups excluding carboxylic acids is 1. The molecule has 1 aliphatic rings. The summed E-state index contributed by atoms with van der Waals surface area (Å²) in [6, 6.07) is 5.67. The fourth-order valence-corrected chi connectivity index (χ4v) is 2.58. The van der Waals surface area contributed by atoms with E-state index >= 15 is 0 Å². The van der Waals surface area contributed by atoms with Crippen LogP contribution >= 0.6 is 31.9 Å². The van der Waals surface area contributed by atoms with Crippen LogP contribution in [0.1, 0.15) is 6.42 Å². The van der Waals surface area contributed by atoms with Crippen LogP contribution in [0, 0.1) is 0 Å². The Labute approximate surface area is 111 Å². The van der Waals surface area contributed by atoms with Gasteiger partial charge < -0.3 is 9.64 Å². The summed E-state index contributed by atoms with van der Waals surface area (Å²) in [5.74, 6) is 0.854. The lowest BCUT2D eigenvalue weighted by Gasteiger charge is -2.17. The van der Waals surface area contributed by atoms with Crippen molar-refractivity contribution >= 4 is 43.5 Å². The van der Waals surface area contributed by atoms with Gasteiger partial charge in [0.2, 0.25) is 5.91 Å². The number of anilines is 1. The minimum absolute atomic E-state index is 0.0536. The molecular weight excluding hydrogens is 338 g/mol. The zero-order chi connectivity index (χ0) is 11.7. The third kappa shape index (κ3) is 2.11. The van der Waals surface area contributed by atoms with E-state index in [4.69, 9.17) is 4.74 Å². The van der Waals surface area contributed by atoms with Crippen LogP contribution in [0.25, 0.3) is 0 Å². The number of hydrogen-bond acceptors (Lipinski definition) is 2. The van der Waals surface area contributed by atoms with Gasteiger partial charge in [0, 0.05) is 18.3 Å². The molecule has 0 bridgehead atoms. The molecule has 0 spiro atoms. The Balaban J connectivity index is 2.31. The summed E-state index contributed by atoms with van der Waals surface area (Å²) >= 11 is 6.75. The van der Waals surface area contributed by atoms with Gasteiger partial charge in [-0.1, -0.05) is 15.9 Å². The SMILES string of the molecule is COc1cc(N2CCC(Br)C2=O)ccc1Br. The molecule has 1 atom stereocenters. The van der Waals surface area contributed by atoms with Gasteiger partial charge in [0.1, 0.15) is 5.75 Å². The highest BCUT2D eigenvalue weighted by Crippen LogP contribution is 2.32. The summed E-state index contributed by atoms with van der Waals surface area (Å²) in [7, 11) is 1.61. The van der Waals surface area contributed by atoms with Gasteiger partial charge in [-0.2, -0.15) is 0 Å². The van der Waals surface area contributed by atoms with Crippen LogP contribution in [0.5, 0.6) is 5.75 Å². The van der Waals surface area contributed by atoms with Gasteiger partial charge in [0.25, 0.3) is 0 Å². The molecule has 0 aromatic heterocycles. The van der Waals surface area contributed by atoms with Gasteiger partial charge in [0.05, 0.1) is 16.4 Å². The molecule has 86 valence electrons. The number of ether oxygens (including phenoxy) is 1. The van der Waals surface area contributed by atoms with Gasteiger partial charge in [-0.05, 0) is 34.5 Å². The fraction of sp³-hybridized carbons (Fsp3) is 0.364. The minimum Gasteiger partial charge on any atom is -0.495 e. The third-order valence-electron chi connectivity index (χ3n) is 2.59. The van der Waals surface area contributed by atoms with E-state index < -0.39 is 0 Å². The molecule has 0 aliphatic carbocycles. The van der Waals surface area contributed by atoms with E-state index in [0.29, 0.717) is 0 Å². The predicted octanol–water partition coefficient (Wildman–Crippen LogP) is 2.96. The smallest absolute Gasteiger partial charge is 0.240 e. The van der Waals surface area contributed by atoms with Crippen LogP contribution in [-0.4, -0.2) is 24.4 Å². The Kier molecular flexibility index (Phi) is 3.54. The highest BCUT2D eigenvalue weighted by atomic mass is 79.9. The number of rotatable bonds is 2. The second-order valence-electron chi connectivity index (χ2n) is 3.56. The summed E-state index contributed by atoms with van der Waals surface area (Å²) in [4.78, 5) is 13.5. The number of carbonyl (C=O) groups is 1. The predicted molar refractivity (Wildman–Crippen MR) is 70.4 cm³/mol. The standard InChI is InChI=1S/C11H11Br2NO2/c1-16-10-6-7(2-3-8(10)12)14-5-4-9(13)11(14)15/h2-3,6,9H,4-5H2,1H3. The highest BCUT2D eigenvalue weighted by Gasteiger charge is 2.30. The van der Waals surface area contributed by atoms with Crippen LogP contribution in [0.2, 0.25) is 0 Å². The molecule has 0 saturated carbocycles. The largest absolute Gasteiger partial charge is 0.495 e. The molecule has 0 radical (unpaired) electrons. The Morgan fingerprint density at radius 2 is 2.25 bits per heavy atom. The maximum atomic E-state index is 11.8. The molecule has 1 fully saturated rings. The molecule has 1 heterocycles. The number of amides is 1. The molecular formula is C11H11Br2NO2. The molecule has 1 aliphatic heterocycles. The van der Waals surface area contributed by atoms with E-state index in [1.807, 2.05) is 18.2 Å². The molecule has 3 nitrogen and oxygen atoms in total. The van der Waals surface area contributed by atoms with E-state index in [1.165, 1.54) is 0 Å². The van der Waals surface area contributed by atoms with Crippen molar-refractivity contribution in [3.8, 4) is 5.75 Å².